The summed E-state index contributed by atoms with van der Waals surface area (Å²) in [6.45, 7) is 1.63. The van der Waals surface area contributed by atoms with Crippen molar-refractivity contribution in [2.24, 2.45) is 0 Å². The Morgan fingerprint density at radius 1 is 1.33 bits per heavy atom. The third kappa shape index (κ3) is 1.41. The van der Waals surface area contributed by atoms with E-state index in [2.05, 4.69) is 5.32 Å². The van der Waals surface area contributed by atoms with Crippen LogP contribution in [-0.2, 0) is 0 Å². The van der Waals surface area contributed by atoms with Crippen LogP contribution in [0.25, 0.3) is 0 Å². The number of para-hydroxylation sites is 1. The molecule has 0 aliphatic carbocycles. The van der Waals surface area contributed by atoms with Crippen LogP contribution < -0.4 is 10.1 Å². The molecule has 1 N–H and O–H groups in total. The summed E-state index contributed by atoms with van der Waals surface area (Å²) in [5.74, 6) is 0.0633. The molecule has 2 nitrogen and oxygen atoms in total. The molecule has 1 fully saturated rings. The smallest absolute Gasteiger partial charge is 0.165 e. The molecule has 3 heteroatoms. The lowest BCUT2D eigenvalue weighted by atomic mass is 10.2. The van der Waals surface area contributed by atoms with Gasteiger partial charge >= 0.3 is 0 Å². The molecule has 0 radical (unpaired) electrons. The molecule has 0 unspecified atom stereocenters. The van der Waals surface area contributed by atoms with Crippen LogP contribution in [-0.4, -0.2) is 19.2 Å². The Hall–Kier alpha value is -1.09. The van der Waals surface area contributed by atoms with Crippen LogP contribution in [0.2, 0.25) is 0 Å². The van der Waals surface area contributed by atoms with Crippen LogP contribution in [0.3, 0.4) is 0 Å². The molecule has 0 atom stereocenters. The highest BCUT2D eigenvalue weighted by Crippen LogP contribution is 2.17. The highest BCUT2D eigenvalue weighted by Gasteiger charge is 2.19. The Bertz CT molecular complexity index is 273. The Morgan fingerprint density at radius 3 is 2.67 bits per heavy atom. The summed E-state index contributed by atoms with van der Waals surface area (Å²) in [5.41, 5.74) is 0. The monoisotopic (exact) mass is 167 g/mol. The van der Waals surface area contributed by atoms with E-state index in [9.17, 15) is 4.39 Å². The van der Waals surface area contributed by atoms with Gasteiger partial charge in [0.1, 0.15) is 6.10 Å². The molecule has 0 amide bonds. The zero-order valence-electron chi connectivity index (χ0n) is 6.59. The highest BCUT2D eigenvalue weighted by atomic mass is 19.1. The molecule has 12 heavy (non-hydrogen) atoms. The van der Waals surface area contributed by atoms with Gasteiger partial charge in [-0.05, 0) is 12.1 Å². The fourth-order valence-electron chi connectivity index (χ4n) is 1.07. The maximum absolute atomic E-state index is 13.0. The zero-order chi connectivity index (χ0) is 8.39. The van der Waals surface area contributed by atoms with Crippen molar-refractivity contribution in [3.8, 4) is 5.75 Å². The molecular formula is C9H10FNO. The first-order valence-corrected chi connectivity index (χ1v) is 3.98. The standard InChI is InChI=1S/C9H10FNO/c10-8-3-1-2-4-9(8)12-7-5-11-6-7/h1-4,7,11H,5-6H2. The van der Waals surface area contributed by atoms with E-state index in [0.717, 1.165) is 13.1 Å². The Kier molecular flexibility index (Phi) is 1.96. The largest absolute Gasteiger partial charge is 0.485 e. The van der Waals surface area contributed by atoms with Crippen molar-refractivity contribution in [2.75, 3.05) is 13.1 Å². The third-order valence-electron chi connectivity index (χ3n) is 1.87. The maximum atomic E-state index is 13.0. The molecule has 0 spiro atoms. The number of benzene rings is 1. The van der Waals surface area contributed by atoms with Crippen LogP contribution in [0.5, 0.6) is 5.75 Å². The van der Waals surface area contributed by atoms with Crippen molar-refractivity contribution in [2.45, 2.75) is 6.10 Å². The molecule has 1 aromatic carbocycles. The molecular weight excluding hydrogens is 157 g/mol. The lowest BCUT2D eigenvalue weighted by Gasteiger charge is -2.27. The molecule has 0 saturated carbocycles. The minimum absolute atomic E-state index is 0.141. The molecule has 2 rings (SSSR count). The highest BCUT2D eigenvalue weighted by molar-refractivity contribution is 5.24. The van der Waals surface area contributed by atoms with Gasteiger partial charge in [0.25, 0.3) is 0 Å². The van der Waals surface area contributed by atoms with Crippen LogP contribution in [0, 0.1) is 5.82 Å². The lowest BCUT2D eigenvalue weighted by molar-refractivity contribution is 0.136. The van der Waals surface area contributed by atoms with Crippen molar-refractivity contribution in [1.82, 2.24) is 5.32 Å². The van der Waals surface area contributed by atoms with Crippen molar-refractivity contribution >= 4 is 0 Å². The van der Waals surface area contributed by atoms with Gasteiger partial charge in [0, 0.05) is 13.1 Å². The predicted octanol–water partition coefficient (Wildman–Crippen LogP) is 1.18. The van der Waals surface area contributed by atoms with Crippen LogP contribution in [0.4, 0.5) is 4.39 Å². The zero-order valence-corrected chi connectivity index (χ0v) is 6.59. The second-order valence-electron chi connectivity index (χ2n) is 2.83. The van der Waals surface area contributed by atoms with Crippen LogP contribution >= 0.6 is 0 Å². The summed E-state index contributed by atoms with van der Waals surface area (Å²) in [4.78, 5) is 0. The van der Waals surface area contributed by atoms with Crippen LogP contribution in [0.1, 0.15) is 0 Å². The Morgan fingerprint density at radius 2 is 2.08 bits per heavy atom. The third-order valence-corrected chi connectivity index (χ3v) is 1.87. The molecule has 0 bridgehead atoms. The first kappa shape index (κ1) is 7.55. The van der Waals surface area contributed by atoms with Crippen molar-refractivity contribution in [3.63, 3.8) is 0 Å². The first-order chi connectivity index (χ1) is 5.86. The van der Waals surface area contributed by atoms with E-state index in [4.69, 9.17) is 4.74 Å². The van der Waals surface area contributed by atoms with Crippen LogP contribution in [0.15, 0.2) is 24.3 Å². The number of hydrogen-bond acceptors (Lipinski definition) is 2. The minimum Gasteiger partial charge on any atom is -0.485 e. The molecule has 1 heterocycles. The predicted molar refractivity (Wildman–Crippen MR) is 43.7 cm³/mol. The van der Waals surface area contributed by atoms with E-state index in [0.29, 0.717) is 5.75 Å². The number of halogens is 1. The second kappa shape index (κ2) is 3.11. The summed E-state index contributed by atoms with van der Waals surface area (Å²) < 4.78 is 18.3. The lowest BCUT2D eigenvalue weighted by Crippen LogP contribution is -2.50. The van der Waals surface area contributed by atoms with Gasteiger partial charge < -0.3 is 10.1 Å². The number of ether oxygens (including phenoxy) is 1. The van der Waals surface area contributed by atoms with Gasteiger partial charge in [-0.2, -0.15) is 0 Å². The van der Waals surface area contributed by atoms with Gasteiger partial charge in [0.2, 0.25) is 0 Å². The summed E-state index contributed by atoms with van der Waals surface area (Å²) in [6, 6.07) is 6.47. The normalized spacial score (nSPS) is 17.1. The number of hydrogen-bond donors (Lipinski definition) is 1. The number of rotatable bonds is 2. The van der Waals surface area contributed by atoms with Crippen molar-refractivity contribution < 1.29 is 9.13 Å². The van der Waals surface area contributed by atoms with E-state index in [-0.39, 0.29) is 11.9 Å². The second-order valence-corrected chi connectivity index (χ2v) is 2.83. The van der Waals surface area contributed by atoms with Gasteiger partial charge in [0.05, 0.1) is 0 Å². The minimum atomic E-state index is -0.288. The summed E-state index contributed by atoms with van der Waals surface area (Å²) in [7, 11) is 0. The Balaban J connectivity index is 2.06. The van der Waals surface area contributed by atoms with Gasteiger partial charge in [-0.15, -0.1) is 0 Å². The van der Waals surface area contributed by atoms with E-state index in [1.165, 1.54) is 6.07 Å². The summed E-state index contributed by atoms with van der Waals surface area (Å²) >= 11 is 0. The maximum Gasteiger partial charge on any atom is 0.165 e. The average molecular weight is 167 g/mol. The van der Waals surface area contributed by atoms with E-state index >= 15 is 0 Å². The van der Waals surface area contributed by atoms with Gasteiger partial charge in [-0.3, -0.25) is 0 Å². The fraction of sp³-hybridized carbons (Fsp3) is 0.333. The van der Waals surface area contributed by atoms with Gasteiger partial charge in [-0.25, -0.2) is 4.39 Å². The topological polar surface area (TPSA) is 21.3 Å². The first-order valence-electron chi connectivity index (χ1n) is 3.98. The quantitative estimate of drug-likeness (QED) is 0.714. The van der Waals surface area contributed by atoms with Gasteiger partial charge in [0.15, 0.2) is 11.6 Å². The molecule has 1 saturated heterocycles. The van der Waals surface area contributed by atoms with Crippen molar-refractivity contribution in [1.29, 1.82) is 0 Å². The average Bonchev–Trinajstić information content (AvgIpc) is 2.00. The van der Waals surface area contributed by atoms with E-state index in [1.54, 1.807) is 18.2 Å². The van der Waals surface area contributed by atoms with Crippen molar-refractivity contribution in [3.05, 3.63) is 30.1 Å². The van der Waals surface area contributed by atoms with E-state index in [1.807, 2.05) is 0 Å². The fourth-order valence-corrected chi connectivity index (χ4v) is 1.07. The summed E-state index contributed by atoms with van der Waals surface area (Å²) in [5, 5.41) is 3.05. The molecule has 1 aliphatic rings. The Labute approximate surface area is 70.3 Å². The molecule has 1 aliphatic heterocycles. The SMILES string of the molecule is Fc1ccccc1OC1CNC1. The van der Waals surface area contributed by atoms with Gasteiger partial charge in [-0.1, -0.05) is 12.1 Å². The van der Waals surface area contributed by atoms with E-state index < -0.39 is 0 Å². The summed E-state index contributed by atoms with van der Waals surface area (Å²) in [6.07, 6.45) is 0.141. The molecule has 1 aromatic rings. The molecule has 0 aromatic heterocycles. The number of nitrogens with one attached hydrogen (secondary N) is 1. The molecule has 64 valence electrons.